The topological polar surface area (TPSA) is 0 Å². The maximum absolute atomic E-state index is 14.2. The fourth-order valence-corrected chi connectivity index (χ4v) is 4.96. The van der Waals surface area contributed by atoms with Crippen LogP contribution in [0.15, 0.2) is 24.3 Å². The molecule has 0 radical (unpaired) electrons. The van der Waals surface area contributed by atoms with Crippen LogP contribution in [0.2, 0.25) is 0 Å². The van der Waals surface area contributed by atoms with E-state index in [4.69, 9.17) is 0 Å². The molecule has 0 spiro atoms. The van der Waals surface area contributed by atoms with Gasteiger partial charge in [0.15, 0.2) is 11.6 Å². The van der Waals surface area contributed by atoms with E-state index in [1.54, 1.807) is 19.1 Å². The van der Waals surface area contributed by atoms with Gasteiger partial charge in [0, 0.05) is 0 Å². The molecular formula is C22H30F2. The van der Waals surface area contributed by atoms with E-state index in [0.717, 1.165) is 30.6 Å². The normalized spacial score (nSPS) is 31.5. The first-order valence-corrected chi connectivity index (χ1v) is 9.67. The van der Waals surface area contributed by atoms with Crippen LogP contribution in [-0.4, -0.2) is 0 Å². The van der Waals surface area contributed by atoms with Crippen molar-refractivity contribution in [2.24, 2.45) is 17.8 Å². The van der Waals surface area contributed by atoms with Crippen molar-refractivity contribution in [1.82, 2.24) is 0 Å². The monoisotopic (exact) mass is 332 g/mol. The minimum atomic E-state index is -0.656. The molecule has 0 amide bonds. The first kappa shape index (κ1) is 17.6. The first-order valence-electron chi connectivity index (χ1n) is 9.67. The van der Waals surface area contributed by atoms with E-state index in [-0.39, 0.29) is 5.92 Å². The van der Waals surface area contributed by atoms with Crippen molar-refractivity contribution in [3.8, 4) is 0 Å². The van der Waals surface area contributed by atoms with Crippen LogP contribution in [0.4, 0.5) is 8.78 Å². The van der Waals surface area contributed by atoms with Crippen LogP contribution in [0, 0.1) is 36.3 Å². The van der Waals surface area contributed by atoms with Crippen LogP contribution in [0.1, 0.15) is 75.3 Å². The highest BCUT2D eigenvalue weighted by Crippen LogP contribution is 2.44. The summed E-state index contributed by atoms with van der Waals surface area (Å²) in [5, 5.41) is 0. The Morgan fingerprint density at radius 2 is 1.42 bits per heavy atom. The molecule has 2 aliphatic carbocycles. The van der Waals surface area contributed by atoms with E-state index in [9.17, 15) is 8.78 Å². The quantitative estimate of drug-likeness (QED) is 0.526. The van der Waals surface area contributed by atoms with Crippen LogP contribution in [0.25, 0.3) is 0 Å². The summed E-state index contributed by atoms with van der Waals surface area (Å²) in [5.74, 6) is 1.38. The number of rotatable bonds is 3. The number of halogens is 2. The highest BCUT2D eigenvalue weighted by molar-refractivity contribution is 5.28. The summed E-state index contributed by atoms with van der Waals surface area (Å²) in [5.41, 5.74) is 1.01. The zero-order valence-electron chi connectivity index (χ0n) is 15.0. The summed E-state index contributed by atoms with van der Waals surface area (Å²) < 4.78 is 28.1. The van der Waals surface area contributed by atoms with Crippen LogP contribution < -0.4 is 0 Å². The fourth-order valence-electron chi connectivity index (χ4n) is 4.96. The maximum atomic E-state index is 14.2. The summed E-state index contributed by atoms with van der Waals surface area (Å²) >= 11 is 0. The Kier molecular flexibility index (Phi) is 5.73. The number of hydrogen-bond donors (Lipinski definition) is 0. The zero-order valence-corrected chi connectivity index (χ0v) is 15.0. The van der Waals surface area contributed by atoms with E-state index < -0.39 is 11.6 Å². The lowest BCUT2D eigenvalue weighted by Crippen LogP contribution is -2.25. The molecule has 0 unspecified atom stereocenters. The van der Waals surface area contributed by atoms with E-state index in [1.165, 1.54) is 38.5 Å². The van der Waals surface area contributed by atoms with Gasteiger partial charge in [-0.15, -0.1) is 0 Å². The Bertz CT molecular complexity index is 574. The van der Waals surface area contributed by atoms with Gasteiger partial charge in [0.25, 0.3) is 0 Å². The van der Waals surface area contributed by atoms with Gasteiger partial charge in [-0.2, -0.15) is 0 Å². The summed E-state index contributed by atoms with van der Waals surface area (Å²) in [6.07, 6.45) is 14.3. The molecule has 24 heavy (non-hydrogen) atoms. The third-order valence-electron chi connectivity index (χ3n) is 6.46. The predicted octanol–water partition coefficient (Wildman–Crippen LogP) is 6.93. The summed E-state index contributed by atoms with van der Waals surface area (Å²) in [7, 11) is 0. The van der Waals surface area contributed by atoms with Gasteiger partial charge < -0.3 is 0 Å². The summed E-state index contributed by atoms with van der Waals surface area (Å²) in [6, 6.07) is 3.53. The Morgan fingerprint density at radius 3 is 2.00 bits per heavy atom. The van der Waals surface area contributed by atoms with Gasteiger partial charge in [0.2, 0.25) is 0 Å². The molecule has 0 saturated heterocycles. The lowest BCUT2D eigenvalue weighted by atomic mass is 9.68. The minimum Gasteiger partial charge on any atom is -0.203 e. The van der Waals surface area contributed by atoms with E-state index in [2.05, 4.69) is 19.1 Å². The average Bonchev–Trinajstić information content (AvgIpc) is 2.61. The van der Waals surface area contributed by atoms with Gasteiger partial charge in [-0.05, 0) is 100 Å². The molecule has 132 valence electrons. The summed E-state index contributed by atoms with van der Waals surface area (Å²) in [4.78, 5) is 0. The highest BCUT2D eigenvalue weighted by Gasteiger charge is 2.31. The number of benzene rings is 1. The molecule has 2 saturated carbocycles. The Labute approximate surface area is 145 Å². The van der Waals surface area contributed by atoms with Gasteiger partial charge in [-0.1, -0.05) is 24.3 Å². The van der Waals surface area contributed by atoms with Crippen LogP contribution in [0.5, 0.6) is 0 Å². The second-order valence-corrected chi connectivity index (χ2v) is 7.91. The average molecular weight is 332 g/mol. The highest BCUT2D eigenvalue weighted by atomic mass is 19.2. The molecule has 0 atom stereocenters. The molecule has 1 aromatic carbocycles. The largest absolute Gasteiger partial charge is 0.203 e. The predicted molar refractivity (Wildman–Crippen MR) is 96.1 cm³/mol. The number of aryl methyl sites for hydroxylation is 1. The molecule has 0 nitrogen and oxygen atoms in total. The van der Waals surface area contributed by atoms with Crippen LogP contribution in [-0.2, 0) is 0 Å². The van der Waals surface area contributed by atoms with Crippen molar-refractivity contribution < 1.29 is 8.78 Å². The van der Waals surface area contributed by atoms with Crippen molar-refractivity contribution in [3.05, 3.63) is 47.0 Å². The molecule has 2 heteroatoms. The molecule has 0 bridgehead atoms. The van der Waals surface area contributed by atoms with E-state index in [1.807, 2.05) is 0 Å². The molecule has 2 aliphatic rings. The Hall–Kier alpha value is -1.18. The van der Waals surface area contributed by atoms with Gasteiger partial charge in [-0.3, -0.25) is 0 Å². The lowest BCUT2D eigenvalue weighted by molar-refractivity contribution is 0.170. The van der Waals surface area contributed by atoms with Gasteiger partial charge in [0.05, 0.1) is 0 Å². The van der Waals surface area contributed by atoms with Gasteiger partial charge in [0.1, 0.15) is 0 Å². The SMILES string of the molecule is C/C=C/C1CCC(C2CCC(c3ccc(C)c(F)c3F)CC2)CC1. The van der Waals surface area contributed by atoms with Crippen molar-refractivity contribution in [2.75, 3.05) is 0 Å². The molecule has 0 heterocycles. The van der Waals surface area contributed by atoms with Crippen molar-refractivity contribution >= 4 is 0 Å². The molecule has 2 fully saturated rings. The van der Waals surface area contributed by atoms with Crippen molar-refractivity contribution in [1.29, 1.82) is 0 Å². The molecular weight excluding hydrogens is 302 g/mol. The van der Waals surface area contributed by atoms with Crippen LogP contribution >= 0.6 is 0 Å². The standard InChI is InChI=1S/C22H30F2/c1-3-4-16-6-8-17(9-7-16)18-10-12-19(13-11-18)20-14-5-15(2)21(23)22(20)24/h3-5,14,16-19H,6-13H2,1-2H3/b4-3+. The van der Waals surface area contributed by atoms with Gasteiger partial charge >= 0.3 is 0 Å². The lowest BCUT2D eigenvalue weighted by Gasteiger charge is -2.37. The smallest absolute Gasteiger partial charge is 0.162 e. The molecule has 1 aromatic rings. The third-order valence-corrected chi connectivity index (χ3v) is 6.46. The molecule has 0 aliphatic heterocycles. The van der Waals surface area contributed by atoms with E-state index >= 15 is 0 Å². The van der Waals surface area contributed by atoms with Crippen LogP contribution in [0.3, 0.4) is 0 Å². The summed E-state index contributed by atoms with van der Waals surface area (Å²) in [6.45, 7) is 3.74. The van der Waals surface area contributed by atoms with E-state index in [0.29, 0.717) is 11.1 Å². The molecule has 0 aromatic heterocycles. The number of hydrogen-bond acceptors (Lipinski definition) is 0. The van der Waals surface area contributed by atoms with Crippen molar-refractivity contribution in [2.45, 2.75) is 71.1 Å². The first-order chi connectivity index (χ1) is 11.6. The van der Waals surface area contributed by atoms with Crippen molar-refractivity contribution in [3.63, 3.8) is 0 Å². The molecule has 0 N–H and O–H groups in total. The Morgan fingerprint density at radius 1 is 0.833 bits per heavy atom. The molecule has 3 rings (SSSR count). The second-order valence-electron chi connectivity index (χ2n) is 7.91. The minimum absolute atomic E-state index is 0.204. The fraction of sp³-hybridized carbons (Fsp3) is 0.636. The Balaban J connectivity index is 1.56. The zero-order chi connectivity index (χ0) is 17.1. The third kappa shape index (κ3) is 3.73. The number of allylic oxidation sites excluding steroid dienone is 2. The maximum Gasteiger partial charge on any atom is 0.162 e. The van der Waals surface area contributed by atoms with Gasteiger partial charge in [-0.25, -0.2) is 8.78 Å². The second kappa shape index (κ2) is 7.80.